The van der Waals surface area contributed by atoms with Crippen LogP contribution in [0.2, 0.25) is 0 Å². The number of rotatable bonds is 5. The molecule has 0 radical (unpaired) electrons. The van der Waals surface area contributed by atoms with Crippen LogP contribution in [0.4, 0.5) is 15.0 Å². The van der Waals surface area contributed by atoms with Crippen molar-refractivity contribution in [3.63, 3.8) is 0 Å². The van der Waals surface area contributed by atoms with Gasteiger partial charge in [0.2, 0.25) is 5.88 Å². The van der Waals surface area contributed by atoms with Crippen molar-refractivity contribution in [2.75, 3.05) is 18.5 Å². The molecule has 0 aliphatic carbocycles. The average Bonchev–Trinajstić information content (AvgIpc) is 3.04. The van der Waals surface area contributed by atoms with E-state index in [0.717, 1.165) is 16.8 Å². The first kappa shape index (κ1) is 19.8. The molecule has 0 saturated heterocycles. The summed E-state index contributed by atoms with van der Waals surface area (Å²) in [5, 5.41) is 10.4. The summed E-state index contributed by atoms with van der Waals surface area (Å²) in [5.74, 6) is 1.07. The number of nitrogens with zero attached hydrogens (tertiary/aromatic N) is 2. The van der Waals surface area contributed by atoms with Crippen LogP contribution in [0.1, 0.15) is 30.5 Å². The number of para-hydroxylation sites is 1. The molecule has 7 nitrogen and oxygen atoms in total. The van der Waals surface area contributed by atoms with E-state index in [4.69, 9.17) is 9.47 Å². The zero-order valence-corrected chi connectivity index (χ0v) is 16.8. The summed E-state index contributed by atoms with van der Waals surface area (Å²) in [4.78, 5) is 12.8. The molecule has 0 bridgehead atoms. The van der Waals surface area contributed by atoms with Gasteiger partial charge in [0.1, 0.15) is 17.4 Å². The third-order valence-corrected chi connectivity index (χ3v) is 4.91. The van der Waals surface area contributed by atoms with Crippen LogP contribution in [-0.2, 0) is 0 Å². The fourth-order valence-corrected chi connectivity index (χ4v) is 3.47. The highest BCUT2D eigenvalue weighted by Crippen LogP contribution is 2.33. The van der Waals surface area contributed by atoms with E-state index in [-0.39, 0.29) is 17.9 Å². The standard InChI is InChI=1S/C22H23FN4O3/c1-3-29-21-14(2)20(27(26-21)16-7-5-4-6-8-16)25-22(28)24-18-11-12-30-19-13-15(23)9-10-17(18)19/h4-10,13,18H,3,11-12H2,1-2H3,(H2,24,25,28). The third kappa shape index (κ3) is 3.94. The molecule has 0 saturated carbocycles. The molecular formula is C22H23FN4O3. The highest BCUT2D eigenvalue weighted by Gasteiger charge is 2.25. The minimum atomic E-state index is -0.389. The number of hydrogen-bond acceptors (Lipinski definition) is 4. The monoisotopic (exact) mass is 410 g/mol. The van der Waals surface area contributed by atoms with Gasteiger partial charge >= 0.3 is 6.03 Å². The predicted molar refractivity (Wildman–Crippen MR) is 111 cm³/mol. The second-order valence-corrected chi connectivity index (χ2v) is 6.93. The first-order chi connectivity index (χ1) is 14.6. The molecule has 3 aromatic rings. The minimum absolute atomic E-state index is 0.283. The Balaban J connectivity index is 1.58. The summed E-state index contributed by atoms with van der Waals surface area (Å²) in [6.07, 6.45) is 0.590. The number of carbonyl (C=O) groups is 1. The summed E-state index contributed by atoms with van der Waals surface area (Å²) in [5.41, 5.74) is 2.28. The number of nitrogens with one attached hydrogen (secondary N) is 2. The lowest BCUT2D eigenvalue weighted by atomic mass is 10.0. The Morgan fingerprint density at radius 1 is 1.30 bits per heavy atom. The van der Waals surface area contributed by atoms with Gasteiger partial charge in [-0.2, -0.15) is 0 Å². The van der Waals surface area contributed by atoms with E-state index in [1.807, 2.05) is 44.2 Å². The fraction of sp³-hybridized carbons (Fsp3) is 0.273. The number of halogens is 1. The maximum atomic E-state index is 13.5. The van der Waals surface area contributed by atoms with Crippen molar-refractivity contribution in [3.8, 4) is 17.3 Å². The minimum Gasteiger partial charge on any atom is -0.493 e. The highest BCUT2D eigenvalue weighted by atomic mass is 19.1. The van der Waals surface area contributed by atoms with E-state index in [1.54, 1.807) is 10.7 Å². The highest BCUT2D eigenvalue weighted by molar-refractivity contribution is 5.90. The average molecular weight is 410 g/mol. The molecule has 0 spiro atoms. The number of benzene rings is 2. The van der Waals surface area contributed by atoms with Crippen molar-refractivity contribution in [3.05, 3.63) is 65.5 Å². The molecule has 156 valence electrons. The Labute approximate surface area is 173 Å². The quantitative estimate of drug-likeness (QED) is 0.655. The van der Waals surface area contributed by atoms with E-state index in [0.29, 0.717) is 37.1 Å². The Kier molecular flexibility index (Phi) is 5.56. The van der Waals surface area contributed by atoms with Crippen LogP contribution in [0.15, 0.2) is 48.5 Å². The van der Waals surface area contributed by atoms with Gasteiger partial charge < -0.3 is 14.8 Å². The Hall–Kier alpha value is -3.55. The van der Waals surface area contributed by atoms with E-state index in [9.17, 15) is 9.18 Å². The van der Waals surface area contributed by atoms with Gasteiger partial charge in [-0.15, -0.1) is 5.10 Å². The van der Waals surface area contributed by atoms with E-state index >= 15 is 0 Å². The van der Waals surface area contributed by atoms with Crippen LogP contribution in [0.25, 0.3) is 5.69 Å². The lowest BCUT2D eigenvalue weighted by Gasteiger charge is -2.26. The van der Waals surface area contributed by atoms with Crippen LogP contribution >= 0.6 is 0 Å². The number of ether oxygens (including phenoxy) is 2. The van der Waals surface area contributed by atoms with Gasteiger partial charge in [0.05, 0.1) is 30.5 Å². The normalized spacial score (nSPS) is 15.1. The number of fused-ring (bicyclic) bond motifs is 1. The Morgan fingerprint density at radius 3 is 2.87 bits per heavy atom. The van der Waals surface area contributed by atoms with Gasteiger partial charge in [-0.1, -0.05) is 24.3 Å². The second-order valence-electron chi connectivity index (χ2n) is 6.93. The molecule has 1 aliphatic heterocycles. The van der Waals surface area contributed by atoms with E-state index in [1.165, 1.54) is 12.1 Å². The predicted octanol–water partition coefficient (Wildman–Crippen LogP) is 4.36. The number of anilines is 1. The number of hydrogen-bond donors (Lipinski definition) is 2. The molecule has 2 amide bonds. The van der Waals surface area contributed by atoms with Crippen LogP contribution in [-0.4, -0.2) is 29.0 Å². The van der Waals surface area contributed by atoms with Gasteiger partial charge in [0.15, 0.2) is 0 Å². The van der Waals surface area contributed by atoms with Crippen molar-refractivity contribution in [1.29, 1.82) is 0 Å². The number of amides is 2. The van der Waals surface area contributed by atoms with Crippen molar-refractivity contribution in [2.24, 2.45) is 0 Å². The van der Waals surface area contributed by atoms with Crippen LogP contribution in [0, 0.1) is 12.7 Å². The van der Waals surface area contributed by atoms with Crippen LogP contribution in [0.3, 0.4) is 0 Å². The molecule has 2 N–H and O–H groups in total. The molecule has 0 fully saturated rings. The molecule has 1 aromatic heterocycles. The van der Waals surface area contributed by atoms with Gasteiger partial charge in [0.25, 0.3) is 0 Å². The number of carbonyl (C=O) groups excluding carboxylic acids is 1. The summed E-state index contributed by atoms with van der Waals surface area (Å²) < 4.78 is 26.3. The smallest absolute Gasteiger partial charge is 0.320 e. The topological polar surface area (TPSA) is 77.4 Å². The van der Waals surface area contributed by atoms with Gasteiger partial charge in [-0.3, -0.25) is 5.32 Å². The molecule has 1 aliphatic rings. The van der Waals surface area contributed by atoms with Gasteiger partial charge in [0, 0.05) is 18.1 Å². The largest absolute Gasteiger partial charge is 0.493 e. The van der Waals surface area contributed by atoms with E-state index < -0.39 is 0 Å². The van der Waals surface area contributed by atoms with Crippen molar-refractivity contribution in [2.45, 2.75) is 26.3 Å². The maximum Gasteiger partial charge on any atom is 0.320 e. The summed E-state index contributed by atoms with van der Waals surface area (Å²) in [6, 6.07) is 13.2. The van der Waals surface area contributed by atoms with Crippen molar-refractivity contribution in [1.82, 2.24) is 15.1 Å². The molecule has 2 heterocycles. The third-order valence-electron chi connectivity index (χ3n) is 4.91. The molecular weight excluding hydrogens is 387 g/mol. The van der Waals surface area contributed by atoms with Gasteiger partial charge in [-0.05, 0) is 32.0 Å². The maximum absolute atomic E-state index is 13.5. The number of aromatic nitrogens is 2. The van der Waals surface area contributed by atoms with Crippen LogP contribution < -0.4 is 20.1 Å². The van der Waals surface area contributed by atoms with E-state index in [2.05, 4.69) is 15.7 Å². The zero-order chi connectivity index (χ0) is 21.1. The summed E-state index contributed by atoms with van der Waals surface area (Å²) in [6.45, 7) is 4.59. The molecule has 4 rings (SSSR count). The fourth-order valence-electron chi connectivity index (χ4n) is 3.47. The molecule has 1 atom stereocenters. The summed E-state index contributed by atoms with van der Waals surface area (Å²) in [7, 11) is 0. The molecule has 1 unspecified atom stereocenters. The Morgan fingerprint density at radius 2 is 2.10 bits per heavy atom. The van der Waals surface area contributed by atoms with Crippen molar-refractivity contribution >= 4 is 11.8 Å². The van der Waals surface area contributed by atoms with Gasteiger partial charge in [-0.25, -0.2) is 13.9 Å². The van der Waals surface area contributed by atoms with Crippen molar-refractivity contribution < 1.29 is 18.7 Å². The Bertz CT molecular complexity index is 1050. The zero-order valence-electron chi connectivity index (χ0n) is 16.8. The van der Waals surface area contributed by atoms with Crippen LogP contribution in [0.5, 0.6) is 11.6 Å². The first-order valence-electron chi connectivity index (χ1n) is 9.84. The lowest BCUT2D eigenvalue weighted by molar-refractivity contribution is 0.232. The molecule has 8 heteroatoms. The second kappa shape index (κ2) is 8.44. The first-order valence-corrected chi connectivity index (χ1v) is 9.84. The lowest BCUT2D eigenvalue weighted by Crippen LogP contribution is -2.35. The number of urea groups is 1. The molecule has 2 aromatic carbocycles. The molecule has 30 heavy (non-hydrogen) atoms. The SMILES string of the molecule is CCOc1nn(-c2ccccc2)c(NC(=O)NC2CCOc3cc(F)ccc32)c1C. The summed E-state index contributed by atoms with van der Waals surface area (Å²) >= 11 is 0.